The van der Waals surface area contributed by atoms with E-state index in [1.165, 1.54) is 24.3 Å². The number of hydrogen-bond donors (Lipinski definition) is 0. The summed E-state index contributed by atoms with van der Waals surface area (Å²) in [7, 11) is -8.44. The van der Waals surface area contributed by atoms with Gasteiger partial charge in [0.15, 0.2) is 24.3 Å². The molecule has 0 saturated carbocycles. The number of sulfone groups is 2. The molecular weight excluding hydrogens is 407 g/mol. The first-order valence-corrected chi connectivity index (χ1v) is 12.2. The molecule has 1 heterocycles. The Hall–Kier alpha value is -2.42. The predicted molar refractivity (Wildman–Crippen MR) is 112 cm³/mol. The largest absolute Gasteiger partial charge is 0.427 e. The Kier molecular flexibility index (Phi) is 5.10. The van der Waals surface area contributed by atoms with Crippen LogP contribution in [-0.4, -0.2) is 23.8 Å². The van der Waals surface area contributed by atoms with Crippen LogP contribution in [0.5, 0.6) is 0 Å². The first-order valence-electron chi connectivity index (χ1n) is 9.14. The van der Waals surface area contributed by atoms with Crippen LogP contribution in [-0.2, 0) is 30.9 Å². The van der Waals surface area contributed by atoms with Crippen LogP contribution in [0, 0.1) is 0 Å². The Balaban J connectivity index is 1.94. The van der Waals surface area contributed by atoms with E-state index < -0.39 is 24.3 Å². The van der Waals surface area contributed by atoms with Crippen molar-refractivity contribution in [3.63, 3.8) is 0 Å². The first kappa shape index (κ1) is 19.9. The Bertz CT molecular complexity index is 1170. The fraction of sp³-hybridized carbons (Fsp3) is 0.143. The van der Waals surface area contributed by atoms with Crippen LogP contribution in [0.3, 0.4) is 0 Å². The Morgan fingerprint density at radius 2 is 1.31 bits per heavy atom. The van der Waals surface area contributed by atoms with Crippen molar-refractivity contribution in [3.05, 3.63) is 90.0 Å². The highest BCUT2D eigenvalue weighted by atomic mass is 32.3. The molecule has 3 aromatic carbocycles. The molecule has 1 aliphatic heterocycles. The van der Waals surface area contributed by atoms with Crippen LogP contribution in [0.1, 0.15) is 15.7 Å². The second-order valence-electron chi connectivity index (χ2n) is 6.96. The summed E-state index contributed by atoms with van der Waals surface area (Å²) >= 11 is 0. The van der Waals surface area contributed by atoms with Gasteiger partial charge >= 0.3 is 6.92 Å². The first-order chi connectivity index (χ1) is 13.8. The van der Waals surface area contributed by atoms with Crippen LogP contribution in [0.15, 0.2) is 88.7 Å². The summed E-state index contributed by atoms with van der Waals surface area (Å²) in [5, 5.41) is 0. The molecule has 0 atom stereocenters. The van der Waals surface area contributed by atoms with Gasteiger partial charge in [0.1, 0.15) is 0 Å². The fourth-order valence-corrected chi connectivity index (χ4v) is 8.17. The molecule has 0 spiro atoms. The van der Waals surface area contributed by atoms with Crippen molar-refractivity contribution in [1.29, 1.82) is 0 Å². The molecule has 8 heteroatoms. The Morgan fingerprint density at radius 1 is 0.793 bits per heavy atom. The molecule has 0 bridgehead atoms. The van der Waals surface area contributed by atoms with Crippen LogP contribution in [0.4, 0.5) is 0 Å². The van der Waals surface area contributed by atoms with E-state index in [1.807, 2.05) is 6.82 Å². The summed E-state index contributed by atoms with van der Waals surface area (Å²) in [6.45, 7) is 2.13. The van der Waals surface area contributed by atoms with Gasteiger partial charge in [0, 0.05) is 0 Å². The van der Waals surface area contributed by atoms with E-state index in [2.05, 4.69) is 0 Å². The van der Waals surface area contributed by atoms with Gasteiger partial charge in [-0.15, -0.1) is 0 Å². The average molecular weight is 426 g/mol. The number of hydrogen-bond acceptors (Lipinski definition) is 5. The van der Waals surface area contributed by atoms with Crippen molar-refractivity contribution in [2.75, 3.05) is 0 Å². The van der Waals surface area contributed by atoms with Crippen LogP contribution < -0.4 is 5.46 Å². The normalized spacial score (nSPS) is 14.2. The van der Waals surface area contributed by atoms with Crippen molar-refractivity contribution in [2.24, 2.45) is 0 Å². The maximum Gasteiger partial charge on any atom is 0.324 e. The smallest absolute Gasteiger partial charge is 0.324 e. The van der Waals surface area contributed by atoms with Crippen molar-refractivity contribution in [3.8, 4) is 0 Å². The van der Waals surface area contributed by atoms with Gasteiger partial charge in [-0.3, -0.25) is 0 Å². The molecular formula is C21H19BO5S2. The summed E-state index contributed by atoms with van der Waals surface area (Å²) in [6, 6.07) is 20.4. The lowest BCUT2D eigenvalue weighted by atomic mass is 9.64. The maximum atomic E-state index is 13.5. The highest BCUT2D eigenvalue weighted by Crippen LogP contribution is 2.38. The zero-order valence-electron chi connectivity index (χ0n) is 15.7. The molecule has 0 unspecified atom stereocenters. The van der Waals surface area contributed by atoms with E-state index in [-0.39, 0.29) is 22.3 Å². The molecule has 3 aromatic rings. The van der Waals surface area contributed by atoms with Crippen molar-refractivity contribution in [2.45, 2.75) is 27.8 Å². The SMILES string of the molecule is CB1OCc2cc(C(S(=O)(=O)c3ccccc3)S(=O)(=O)c3ccccc3)ccc21. The van der Waals surface area contributed by atoms with E-state index in [4.69, 9.17) is 4.65 Å². The van der Waals surface area contributed by atoms with Gasteiger partial charge in [-0.25, -0.2) is 16.8 Å². The highest BCUT2D eigenvalue weighted by molar-refractivity contribution is 8.08. The van der Waals surface area contributed by atoms with Gasteiger partial charge in [-0.2, -0.15) is 0 Å². The van der Waals surface area contributed by atoms with Crippen molar-refractivity contribution < 1.29 is 21.5 Å². The van der Waals surface area contributed by atoms with Crippen molar-refractivity contribution >= 4 is 32.1 Å². The monoisotopic (exact) mass is 426 g/mol. The van der Waals surface area contributed by atoms with Crippen LogP contribution in [0.25, 0.3) is 0 Å². The third-order valence-corrected chi connectivity index (χ3v) is 10.1. The summed E-state index contributed by atoms with van der Waals surface area (Å²) in [6.07, 6.45) is 0. The minimum Gasteiger partial charge on any atom is -0.427 e. The van der Waals surface area contributed by atoms with Crippen LogP contribution >= 0.6 is 0 Å². The summed E-state index contributed by atoms with van der Waals surface area (Å²) in [4.78, 5) is -0.0655. The molecule has 148 valence electrons. The van der Waals surface area contributed by atoms with Gasteiger partial charge in [0.2, 0.25) is 0 Å². The molecule has 0 saturated heterocycles. The Morgan fingerprint density at radius 3 is 1.83 bits per heavy atom. The van der Waals surface area contributed by atoms with Gasteiger partial charge in [-0.1, -0.05) is 61.4 Å². The standard InChI is InChI=1S/C21H19BO5S2/c1-22-20-13-12-16(14-17(20)15-27-22)21(28(23,24)18-8-4-2-5-9-18)29(25,26)19-10-6-3-7-11-19/h2-14,21H,15H2,1H3. The minimum atomic E-state index is -4.22. The molecule has 0 aliphatic carbocycles. The summed E-state index contributed by atoms with van der Waals surface area (Å²) in [5.74, 6) is 0. The van der Waals surface area contributed by atoms with E-state index in [0.29, 0.717) is 6.61 Å². The predicted octanol–water partition coefficient (Wildman–Crippen LogP) is 2.99. The lowest BCUT2D eigenvalue weighted by Crippen LogP contribution is -2.26. The zero-order chi connectivity index (χ0) is 20.6. The Labute approximate surface area is 171 Å². The van der Waals surface area contributed by atoms with Gasteiger partial charge in [0.25, 0.3) is 0 Å². The fourth-order valence-electron chi connectivity index (χ4n) is 3.59. The number of rotatable bonds is 5. The zero-order valence-corrected chi connectivity index (χ0v) is 17.4. The topological polar surface area (TPSA) is 77.5 Å². The lowest BCUT2D eigenvalue weighted by Gasteiger charge is -2.20. The van der Waals surface area contributed by atoms with Crippen LogP contribution in [0.2, 0.25) is 6.82 Å². The molecule has 0 N–H and O–H groups in total. The maximum absolute atomic E-state index is 13.5. The number of fused-ring (bicyclic) bond motifs is 1. The van der Waals surface area contributed by atoms with Crippen molar-refractivity contribution in [1.82, 2.24) is 0 Å². The molecule has 0 fully saturated rings. The van der Waals surface area contributed by atoms with E-state index >= 15 is 0 Å². The minimum absolute atomic E-state index is 0.0328. The molecule has 0 radical (unpaired) electrons. The van der Waals surface area contributed by atoms with E-state index in [0.717, 1.165) is 11.0 Å². The third kappa shape index (κ3) is 3.52. The second kappa shape index (κ2) is 7.44. The second-order valence-corrected chi connectivity index (χ2v) is 11.3. The van der Waals surface area contributed by atoms with Gasteiger partial charge in [-0.05, 0) is 40.9 Å². The third-order valence-electron chi connectivity index (χ3n) is 5.07. The quantitative estimate of drug-likeness (QED) is 0.587. The summed E-state index contributed by atoms with van der Waals surface area (Å²) < 4.78 is 57.9. The number of benzene rings is 3. The summed E-state index contributed by atoms with van der Waals surface area (Å²) in [5.41, 5.74) is 1.97. The molecule has 0 amide bonds. The lowest BCUT2D eigenvalue weighted by molar-refractivity contribution is 0.333. The van der Waals surface area contributed by atoms with Gasteiger partial charge in [0.05, 0.1) is 16.4 Å². The molecule has 1 aliphatic rings. The highest BCUT2D eigenvalue weighted by Gasteiger charge is 2.42. The molecule has 4 rings (SSSR count). The molecule has 0 aromatic heterocycles. The van der Waals surface area contributed by atoms with E-state index in [1.54, 1.807) is 54.6 Å². The average Bonchev–Trinajstić information content (AvgIpc) is 3.09. The van der Waals surface area contributed by atoms with Gasteiger partial charge < -0.3 is 4.65 Å². The molecule has 29 heavy (non-hydrogen) atoms. The van der Waals surface area contributed by atoms with E-state index in [9.17, 15) is 16.8 Å². The molecule has 5 nitrogen and oxygen atoms in total.